The molecule has 0 radical (unpaired) electrons. The maximum atomic E-state index is 13.8. The summed E-state index contributed by atoms with van der Waals surface area (Å²) in [5, 5.41) is 1.52. The molecule has 6 heteroatoms. The monoisotopic (exact) mass is 678 g/mol. The second-order valence-electron chi connectivity index (χ2n) is 13.1. The van der Waals surface area contributed by atoms with Crippen LogP contribution in [0.25, 0.3) is 28.3 Å². The van der Waals surface area contributed by atoms with Crippen LogP contribution in [-0.2, 0) is 11.2 Å². The summed E-state index contributed by atoms with van der Waals surface area (Å²) in [5.74, 6) is -1.40. The lowest BCUT2D eigenvalue weighted by Crippen LogP contribution is -2.50. The molecule has 0 unspecified atom stereocenters. The molecule has 52 heavy (non-hydrogen) atoms. The van der Waals surface area contributed by atoms with Gasteiger partial charge >= 0.3 is 0 Å². The number of carbonyl (C=O) groups excluding carboxylic acids is 4. The van der Waals surface area contributed by atoms with Gasteiger partial charge in [0.1, 0.15) is 0 Å². The Balaban J connectivity index is 1.26. The predicted octanol–water partition coefficient (Wildman–Crippen LogP) is 7.81. The number of fused-ring (bicyclic) bond motifs is 4. The molecular weight excluding hydrogens is 645 g/mol. The Labute approximate surface area is 301 Å². The molecule has 5 aromatic rings. The lowest BCUT2D eigenvalue weighted by Gasteiger charge is -2.26. The molecule has 0 fully saturated rings. The number of amides is 4. The van der Waals surface area contributed by atoms with Crippen LogP contribution in [0.1, 0.15) is 68.0 Å². The Morgan fingerprint density at radius 1 is 0.558 bits per heavy atom. The van der Waals surface area contributed by atoms with Gasteiger partial charge in [0.25, 0.3) is 23.6 Å². The zero-order chi connectivity index (χ0) is 35.9. The van der Waals surface area contributed by atoms with Gasteiger partial charge in [0.15, 0.2) is 0 Å². The average Bonchev–Trinajstić information content (AvgIpc) is 3.18. The van der Waals surface area contributed by atoms with Crippen molar-refractivity contribution in [2.45, 2.75) is 26.7 Å². The first-order chi connectivity index (χ1) is 25.3. The van der Waals surface area contributed by atoms with Crippen molar-refractivity contribution in [2.75, 3.05) is 9.80 Å². The third-order valence-corrected chi connectivity index (χ3v) is 10.1. The number of hydrogen-bond donors (Lipinski definition) is 0. The van der Waals surface area contributed by atoms with E-state index in [0.29, 0.717) is 38.9 Å². The highest BCUT2D eigenvalue weighted by atomic mass is 16.2. The minimum absolute atomic E-state index is 0.325. The number of nitrogens with zero attached hydrogens (tertiary/aromatic N) is 2. The lowest BCUT2D eigenvalue weighted by atomic mass is 9.84. The van der Waals surface area contributed by atoms with E-state index in [2.05, 4.69) is 31.2 Å². The molecule has 0 saturated heterocycles. The van der Waals surface area contributed by atoms with Gasteiger partial charge in [-0.3, -0.25) is 19.2 Å². The van der Waals surface area contributed by atoms with Crippen molar-refractivity contribution >= 4 is 52.2 Å². The molecule has 2 aliphatic heterocycles. The Morgan fingerprint density at radius 2 is 1.15 bits per heavy atom. The molecule has 0 atom stereocenters. The number of hydrogen-bond acceptors (Lipinski definition) is 4. The molecule has 2 bridgehead atoms. The first kappa shape index (κ1) is 32.5. The first-order valence-corrected chi connectivity index (χ1v) is 17.3. The minimum atomic E-state index is -0.374. The van der Waals surface area contributed by atoms with Gasteiger partial charge in [-0.15, -0.1) is 0 Å². The fourth-order valence-corrected chi connectivity index (χ4v) is 7.47. The van der Waals surface area contributed by atoms with Crippen LogP contribution in [0.2, 0.25) is 0 Å². The number of para-hydroxylation sites is 2. The van der Waals surface area contributed by atoms with E-state index in [1.54, 1.807) is 55.5 Å². The molecule has 0 aromatic heterocycles. The van der Waals surface area contributed by atoms with Crippen LogP contribution in [0.4, 0.5) is 11.4 Å². The third kappa shape index (κ3) is 5.46. The Bertz CT molecular complexity index is 2570. The van der Waals surface area contributed by atoms with E-state index in [1.807, 2.05) is 72.8 Å². The smallest absolute Gasteiger partial charge is 0.265 e. The van der Waals surface area contributed by atoms with Crippen molar-refractivity contribution in [3.05, 3.63) is 183 Å². The summed E-state index contributed by atoms with van der Waals surface area (Å²) in [4.78, 5) is 57.0. The van der Waals surface area contributed by atoms with Gasteiger partial charge < -0.3 is 0 Å². The van der Waals surface area contributed by atoms with E-state index in [9.17, 15) is 19.2 Å². The van der Waals surface area contributed by atoms with Gasteiger partial charge in [-0.2, -0.15) is 0 Å². The summed E-state index contributed by atoms with van der Waals surface area (Å²) in [5.41, 5.74) is 9.17. The summed E-state index contributed by atoms with van der Waals surface area (Å²) in [6.45, 7) is 3.85. The molecule has 0 saturated carbocycles. The largest absolute Gasteiger partial charge is 0.269 e. The molecule has 8 rings (SSSR count). The quantitative estimate of drug-likeness (QED) is 0.182. The average molecular weight is 679 g/mol. The van der Waals surface area contributed by atoms with Crippen molar-refractivity contribution in [1.82, 2.24) is 0 Å². The van der Waals surface area contributed by atoms with Gasteiger partial charge in [-0.05, 0) is 114 Å². The van der Waals surface area contributed by atoms with Crippen LogP contribution in [0.3, 0.4) is 0 Å². The number of imide groups is 2. The molecule has 1 aliphatic carbocycles. The summed E-state index contributed by atoms with van der Waals surface area (Å²) < 4.78 is 0. The zero-order valence-corrected chi connectivity index (χ0v) is 28.8. The van der Waals surface area contributed by atoms with Crippen LogP contribution in [0.5, 0.6) is 0 Å². The molecule has 0 N–H and O–H groups in total. The number of benzene rings is 4. The maximum Gasteiger partial charge on any atom is 0.265 e. The normalized spacial score (nSPS) is 15.2. The van der Waals surface area contributed by atoms with E-state index in [-0.39, 0.29) is 23.6 Å². The molecule has 2 heterocycles. The van der Waals surface area contributed by atoms with E-state index in [1.165, 1.54) is 15.4 Å². The van der Waals surface area contributed by atoms with Crippen LogP contribution < -0.4 is 20.2 Å². The fraction of sp³-hybridized carbons (Fsp3) is 0.0870. The highest BCUT2D eigenvalue weighted by Gasteiger charge is 2.33. The molecule has 3 aliphatic rings. The summed E-state index contributed by atoms with van der Waals surface area (Å²) in [6.07, 6.45) is 6.04. The molecule has 0 spiro atoms. The van der Waals surface area contributed by atoms with Crippen molar-refractivity contribution in [3.63, 3.8) is 0 Å². The van der Waals surface area contributed by atoms with E-state index >= 15 is 0 Å². The van der Waals surface area contributed by atoms with Crippen LogP contribution >= 0.6 is 0 Å². The van der Waals surface area contributed by atoms with Crippen LogP contribution in [-0.4, -0.2) is 23.6 Å². The Kier molecular flexibility index (Phi) is 8.28. The summed E-state index contributed by atoms with van der Waals surface area (Å²) in [7, 11) is 0. The summed E-state index contributed by atoms with van der Waals surface area (Å²) in [6, 6.07) is 40.8. The summed E-state index contributed by atoms with van der Waals surface area (Å²) >= 11 is 0. The van der Waals surface area contributed by atoms with Gasteiger partial charge in [0.2, 0.25) is 0 Å². The second-order valence-corrected chi connectivity index (χ2v) is 13.1. The molecule has 6 nitrogen and oxygen atoms in total. The van der Waals surface area contributed by atoms with E-state index < -0.39 is 0 Å². The second kappa shape index (κ2) is 13.2. The molecular formula is C46H34N2O4. The predicted molar refractivity (Wildman–Crippen MR) is 206 cm³/mol. The highest BCUT2D eigenvalue weighted by molar-refractivity contribution is 6.36. The van der Waals surface area contributed by atoms with Crippen LogP contribution in [0, 0.1) is 0 Å². The van der Waals surface area contributed by atoms with Crippen molar-refractivity contribution < 1.29 is 19.2 Å². The van der Waals surface area contributed by atoms with Crippen molar-refractivity contribution in [1.29, 1.82) is 0 Å². The molecule has 5 aromatic carbocycles. The van der Waals surface area contributed by atoms with E-state index in [4.69, 9.17) is 0 Å². The van der Waals surface area contributed by atoms with Crippen molar-refractivity contribution in [2.24, 2.45) is 0 Å². The number of allylic oxidation sites excluding steroid dienone is 1. The van der Waals surface area contributed by atoms with Crippen molar-refractivity contribution in [3.8, 4) is 11.1 Å². The molecule has 4 amide bonds. The maximum absolute atomic E-state index is 13.8. The third-order valence-electron chi connectivity index (χ3n) is 10.1. The SMILES string of the molecule is CC1=c2c(ccc/c2=C(/C)c2ccc(-c3ccccc4cc(cc3)C(=O)N(c3ccccc3)C4=O)c3c2C=CCC3)C(=O)N(c2ccccc2)C1=O. The Hall–Kier alpha value is -6.66. The van der Waals surface area contributed by atoms with Gasteiger partial charge in [0.05, 0.1) is 11.4 Å². The van der Waals surface area contributed by atoms with Gasteiger partial charge in [-0.1, -0.05) is 97.1 Å². The highest BCUT2D eigenvalue weighted by Crippen LogP contribution is 2.35. The van der Waals surface area contributed by atoms with Gasteiger partial charge in [0, 0.05) is 27.5 Å². The fourth-order valence-electron chi connectivity index (χ4n) is 7.47. The zero-order valence-electron chi connectivity index (χ0n) is 28.8. The topological polar surface area (TPSA) is 74.8 Å². The minimum Gasteiger partial charge on any atom is -0.269 e. The number of rotatable bonds is 4. The number of anilines is 2. The van der Waals surface area contributed by atoms with Crippen LogP contribution in [0.15, 0.2) is 140 Å². The van der Waals surface area contributed by atoms with Gasteiger partial charge in [-0.25, -0.2) is 9.80 Å². The Morgan fingerprint density at radius 3 is 1.85 bits per heavy atom. The number of carbonyl (C=O) groups is 4. The standard InChI is InChI=1S/C46H34N2O4/c1-29(37-22-13-23-41-42(37)30(2)43(49)47(46(41)52)34-16-5-3-6-17-34)36-26-27-38(40-21-12-11-20-39(36)40)31-14-9-10-15-32-28-33(25-24-31)45(51)48(44(32)50)35-18-7-4-8-19-35/h3-11,13-20,22-28H,12,21H2,1-2H3/b10-9?,14-9?,15-10?,25-24?,31-14?,31-24?,32-15?,33-25?,37-29+. The lowest BCUT2D eigenvalue weighted by molar-refractivity contribution is -0.113. The van der Waals surface area contributed by atoms with E-state index in [0.717, 1.165) is 45.9 Å². The molecule has 252 valence electrons. The first-order valence-electron chi connectivity index (χ1n) is 17.3.